The minimum atomic E-state index is -0.971. The molecule has 0 saturated heterocycles. The number of anilines is 1. The smallest absolute Gasteiger partial charge is 0.337 e. The van der Waals surface area contributed by atoms with E-state index >= 15 is 0 Å². The van der Waals surface area contributed by atoms with Crippen molar-refractivity contribution in [3.05, 3.63) is 28.2 Å². The van der Waals surface area contributed by atoms with Crippen LogP contribution in [0.25, 0.3) is 0 Å². The summed E-state index contributed by atoms with van der Waals surface area (Å²) in [6.07, 6.45) is 0. The number of halogens is 1. The number of hydrogen-bond acceptors (Lipinski definition) is 3. The molecule has 1 rings (SSSR count). The Kier molecular flexibility index (Phi) is 4.54. The molecule has 0 fully saturated rings. The maximum Gasteiger partial charge on any atom is 0.337 e. The van der Waals surface area contributed by atoms with Gasteiger partial charge < -0.3 is 15.5 Å². The van der Waals surface area contributed by atoms with Gasteiger partial charge in [-0.2, -0.15) is 0 Å². The Morgan fingerprint density at radius 3 is 2.65 bits per heavy atom. The first-order valence-corrected chi connectivity index (χ1v) is 6.02. The van der Waals surface area contributed by atoms with Gasteiger partial charge in [-0.1, -0.05) is 29.8 Å². The second kappa shape index (κ2) is 5.51. The molecule has 0 aromatic heterocycles. The number of aliphatic hydroxyl groups excluding tert-OH is 1. The fourth-order valence-corrected chi connectivity index (χ4v) is 1.60. The molecule has 0 saturated carbocycles. The van der Waals surface area contributed by atoms with E-state index in [1.54, 1.807) is 18.2 Å². The van der Waals surface area contributed by atoms with Crippen LogP contribution in [0.4, 0.5) is 5.69 Å². The van der Waals surface area contributed by atoms with E-state index in [2.05, 4.69) is 21.2 Å². The van der Waals surface area contributed by atoms with Gasteiger partial charge in [0, 0.05) is 28.7 Å². The standard InChI is InChI=1S/C12H16BrNO3/c1-12(2,7-15)6-14-10-5-8(13)3-4-9(10)11(16)17/h3-5,14-15H,6-7H2,1-2H3,(H,16,17). The van der Waals surface area contributed by atoms with E-state index in [4.69, 9.17) is 10.2 Å². The first-order chi connectivity index (χ1) is 7.85. The van der Waals surface area contributed by atoms with E-state index in [0.717, 1.165) is 4.47 Å². The third kappa shape index (κ3) is 4.02. The van der Waals surface area contributed by atoms with Gasteiger partial charge >= 0.3 is 5.97 Å². The third-order valence-corrected chi connectivity index (χ3v) is 2.89. The Hall–Kier alpha value is -1.07. The summed E-state index contributed by atoms with van der Waals surface area (Å²) in [6, 6.07) is 4.95. The number of aliphatic hydroxyl groups is 1. The summed E-state index contributed by atoms with van der Waals surface area (Å²) in [5, 5.41) is 21.2. The Labute approximate surface area is 109 Å². The number of rotatable bonds is 5. The zero-order valence-electron chi connectivity index (χ0n) is 9.83. The molecule has 0 aliphatic rings. The predicted octanol–water partition coefficient (Wildman–Crippen LogP) is 2.58. The Balaban J connectivity index is 2.89. The lowest BCUT2D eigenvalue weighted by molar-refractivity contribution is 0.0698. The molecule has 0 radical (unpaired) electrons. The lowest BCUT2D eigenvalue weighted by Crippen LogP contribution is -2.27. The van der Waals surface area contributed by atoms with E-state index < -0.39 is 5.97 Å². The van der Waals surface area contributed by atoms with Gasteiger partial charge in [0.05, 0.1) is 5.56 Å². The summed E-state index contributed by atoms with van der Waals surface area (Å²) >= 11 is 3.30. The average molecular weight is 302 g/mol. The number of benzene rings is 1. The molecule has 0 aliphatic heterocycles. The molecule has 0 amide bonds. The van der Waals surface area contributed by atoms with Crippen LogP contribution in [0.5, 0.6) is 0 Å². The van der Waals surface area contributed by atoms with Crippen molar-refractivity contribution in [1.82, 2.24) is 0 Å². The van der Waals surface area contributed by atoms with Crippen LogP contribution in [0.15, 0.2) is 22.7 Å². The molecule has 0 aliphatic carbocycles. The number of aromatic carboxylic acids is 1. The fraction of sp³-hybridized carbons (Fsp3) is 0.417. The van der Waals surface area contributed by atoms with Crippen molar-refractivity contribution >= 4 is 27.6 Å². The average Bonchev–Trinajstić information content (AvgIpc) is 2.26. The maximum atomic E-state index is 11.0. The number of carbonyl (C=O) groups is 1. The van der Waals surface area contributed by atoms with E-state index in [-0.39, 0.29) is 17.6 Å². The summed E-state index contributed by atoms with van der Waals surface area (Å²) in [7, 11) is 0. The predicted molar refractivity (Wildman–Crippen MR) is 70.5 cm³/mol. The minimum Gasteiger partial charge on any atom is -0.478 e. The molecule has 94 valence electrons. The van der Waals surface area contributed by atoms with Crippen molar-refractivity contribution in [1.29, 1.82) is 0 Å². The molecular formula is C12H16BrNO3. The third-order valence-electron chi connectivity index (χ3n) is 2.40. The maximum absolute atomic E-state index is 11.0. The van der Waals surface area contributed by atoms with Crippen LogP contribution >= 0.6 is 15.9 Å². The van der Waals surface area contributed by atoms with Gasteiger partial charge in [-0.3, -0.25) is 0 Å². The Morgan fingerprint density at radius 1 is 1.47 bits per heavy atom. The normalized spacial score (nSPS) is 11.3. The SMILES string of the molecule is CC(C)(CO)CNc1cc(Br)ccc1C(=O)O. The van der Waals surface area contributed by atoms with Crippen LogP contribution in [0.2, 0.25) is 0 Å². The lowest BCUT2D eigenvalue weighted by Gasteiger charge is -2.23. The molecule has 0 bridgehead atoms. The number of nitrogens with one attached hydrogen (secondary N) is 1. The summed E-state index contributed by atoms with van der Waals surface area (Å²) in [5.41, 5.74) is 0.480. The number of carboxylic acids is 1. The summed E-state index contributed by atoms with van der Waals surface area (Å²) < 4.78 is 0.812. The van der Waals surface area contributed by atoms with E-state index in [9.17, 15) is 4.79 Å². The molecule has 1 aromatic rings. The molecule has 17 heavy (non-hydrogen) atoms. The number of carboxylic acid groups (broad SMARTS) is 1. The Bertz CT molecular complexity index is 418. The monoisotopic (exact) mass is 301 g/mol. The van der Waals surface area contributed by atoms with E-state index in [0.29, 0.717) is 12.2 Å². The van der Waals surface area contributed by atoms with Crippen LogP contribution in [0, 0.1) is 5.41 Å². The fourth-order valence-electron chi connectivity index (χ4n) is 1.24. The van der Waals surface area contributed by atoms with Crippen molar-refractivity contribution < 1.29 is 15.0 Å². The topological polar surface area (TPSA) is 69.6 Å². The summed E-state index contributed by atoms with van der Waals surface area (Å²) in [6.45, 7) is 4.34. The van der Waals surface area contributed by atoms with E-state index in [1.807, 2.05) is 13.8 Å². The van der Waals surface area contributed by atoms with Crippen LogP contribution < -0.4 is 5.32 Å². The first kappa shape index (κ1) is 14.0. The van der Waals surface area contributed by atoms with Crippen molar-refractivity contribution in [3.63, 3.8) is 0 Å². The van der Waals surface area contributed by atoms with Crippen LogP contribution in [-0.2, 0) is 0 Å². The largest absolute Gasteiger partial charge is 0.478 e. The van der Waals surface area contributed by atoms with Gasteiger partial charge in [0.1, 0.15) is 0 Å². The molecule has 3 N–H and O–H groups in total. The summed E-state index contributed by atoms with van der Waals surface area (Å²) in [5.74, 6) is -0.971. The van der Waals surface area contributed by atoms with Crippen LogP contribution in [-0.4, -0.2) is 29.3 Å². The van der Waals surface area contributed by atoms with Crippen molar-refractivity contribution in [2.45, 2.75) is 13.8 Å². The van der Waals surface area contributed by atoms with Gasteiger partial charge in [0.25, 0.3) is 0 Å². The highest BCUT2D eigenvalue weighted by molar-refractivity contribution is 9.10. The van der Waals surface area contributed by atoms with Crippen molar-refractivity contribution in [3.8, 4) is 0 Å². The highest BCUT2D eigenvalue weighted by Crippen LogP contribution is 2.23. The van der Waals surface area contributed by atoms with Crippen LogP contribution in [0.3, 0.4) is 0 Å². The van der Waals surface area contributed by atoms with Gasteiger partial charge in [0.15, 0.2) is 0 Å². The molecule has 0 atom stereocenters. The number of hydrogen-bond donors (Lipinski definition) is 3. The lowest BCUT2D eigenvalue weighted by atomic mass is 9.95. The second-order valence-corrected chi connectivity index (χ2v) is 5.59. The first-order valence-electron chi connectivity index (χ1n) is 5.23. The van der Waals surface area contributed by atoms with E-state index in [1.165, 1.54) is 0 Å². The van der Waals surface area contributed by atoms with Crippen LogP contribution in [0.1, 0.15) is 24.2 Å². The zero-order chi connectivity index (χ0) is 13.1. The quantitative estimate of drug-likeness (QED) is 0.782. The molecule has 0 heterocycles. The minimum absolute atomic E-state index is 0.0381. The van der Waals surface area contributed by atoms with Gasteiger partial charge in [-0.15, -0.1) is 0 Å². The molecule has 5 heteroatoms. The Morgan fingerprint density at radius 2 is 2.12 bits per heavy atom. The zero-order valence-corrected chi connectivity index (χ0v) is 11.4. The van der Waals surface area contributed by atoms with Crippen molar-refractivity contribution in [2.24, 2.45) is 5.41 Å². The van der Waals surface area contributed by atoms with Gasteiger partial charge in [-0.05, 0) is 18.2 Å². The summed E-state index contributed by atoms with van der Waals surface area (Å²) in [4.78, 5) is 11.0. The molecule has 0 spiro atoms. The molecular weight excluding hydrogens is 286 g/mol. The second-order valence-electron chi connectivity index (χ2n) is 4.67. The molecule has 0 unspecified atom stereocenters. The highest BCUT2D eigenvalue weighted by atomic mass is 79.9. The molecule has 4 nitrogen and oxygen atoms in total. The van der Waals surface area contributed by atoms with Gasteiger partial charge in [0.2, 0.25) is 0 Å². The van der Waals surface area contributed by atoms with Gasteiger partial charge in [-0.25, -0.2) is 4.79 Å². The highest BCUT2D eigenvalue weighted by Gasteiger charge is 2.18. The molecule has 1 aromatic carbocycles. The van der Waals surface area contributed by atoms with Crippen molar-refractivity contribution in [2.75, 3.05) is 18.5 Å².